The van der Waals surface area contributed by atoms with Gasteiger partial charge in [-0.3, -0.25) is 9.59 Å². The number of sulfonamides is 1. The van der Waals surface area contributed by atoms with Crippen LogP contribution in [0.25, 0.3) is 0 Å². The number of ether oxygens (including phenoxy) is 1. The zero-order chi connectivity index (χ0) is 20.4. The third-order valence-corrected chi connectivity index (χ3v) is 6.06. The van der Waals surface area contributed by atoms with Crippen LogP contribution in [-0.4, -0.2) is 20.2 Å². The van der Waals surface area contributed by atoms with E-state index in [2.05, 4.69) is 6.58 Å². The van der Waals surface area contributed by atoms with Gasteiger partial charge < -0.3 is 10.5 Å². The minimum atomic E-state index is -4.19. The third-order valence-electron chi connectivity index (χ3n) is 4.74. The van der Waals surface area contributed by atoms with E-state index in [0.29, 0.717) is 5.75 Å². The first-order valence-corrected chi connectivity index (χ1v) is 10.0. The predicted octanol–water partition coefficient (Wildman–Crippen LogP) is 1.75. The molecule has 1 aliphatic rings. The molecule has 146 valence electrons. The van der Waals surface area contributed by atoms with Gasteiger partial charge in [-0.2, -0.15) is 0 Å². The number of rotatable bonds is 8. The summed E-state index contributed by atoms with van der Waals surface area (Å²) in [5.74, 6) is -1.95. The number of nitrogens with two attached hydrogens (primary N) is 1. The second kappa shape index (κ2) is 7.47. The molecule has 0 aromatic heterocycles. The number of hydrogen-bond donors (Lipinski definition) is 2. The van der Waals surface area contributed by atoms with E-state index in [0.717, 1.165) is 5.56 Å². The van der Waals surface area contributed by atoms with Crippen LogP contribution in [0.5, 0.6) is 5.75 Å². The van der Waals surface area contributed by atoms with Gasteiger partial charge in [0.2, 0.25) is 11.8 Å². The number of hydrogen-bond acceptors (Lipinski definition) is 5. The first-order chi connectivity index (χ1) is 13.3. The average Bonchev–Trinajstić information content (AvgIpc) is 3.43. The molecule has 0 heterocycles. The Morgan fingerprint density at radius 3 is 2.54 bits per heavy atom. The molecule has 2 aromatic carbocycles. The lowest BCUT2D eigenvalue weighted by molar-refractivity contribution is -0.134. The molecule has 0 unspecified atom stereocenters. The molecular formula is C20H20N2O5S. The normalized spacial score (nSPS) is 20.8. The van der Waals surface area contributed by atoms with Crippen molar-refractivity contribution in [3.8, 4) is 5.75 Å². The van der Waals surface area contributed by atoms with Gasteiger partial charge in [0.05, 0.1) is 4.90 Å². The van der Waals surface area contributed by atoms with Gasteiger partial charge in [0.15, 0.2) is 0 Å². The van der Waals surface area contributed by atoms with Crippen molar-refractivity contribution < 1.29 is 22.7 Å². The SMILES string of the molecule is C=C[C@@H]1C[C@@]1(C(N)=O)C(=O)NS(=O)(=O)c1cccc(OCc2ccccc2)c1. The van der Waals surface area contributed by atoms with Crippen molar-refractivity contribution in [1.29, 1.82) is 0 Å². The molecule has 1 fully saturated rings. The van der Waals surface area contributed by atoms with E-state index in [1.165, 1.54) is 24.3 Å². The van der Waals surface area contributed by atoms with Gasteiger partial charge in [0.1, 0.15) is 17.8 Å². The Balaban J connectivity index is 1.74. The summed E-state index contributed by atoms with van der Waals surface area (Å²) >= 11 is 0. The van der Waals surface area contributed by atoms with E-state index in [9.17, 15) is 18.0 Å². The lowest BCUT2D eigenvalue weighted by atomic mass is 10.0. The van der Waals surface area contributed by atoms with Gasteiger partial charge in [-0.15, -0.1) is 6.58 Å². The van der Waals surface area contributed by atoms with E-state index >= 15 is 0 Å². The number of nitrogens with one attached hydrogen (secondary N) is 1. The topological polar surface area (TPSA) is 116 Å². The fraction of sp³-hybridized carbons (Fsp3) is 0.200. The quantitative estimate of drug-likeness (QED) is 0.517. The smallest absolute Gasteiger partial charge is 0.264 e. The van der Waals surface area contributed by atoms with Gasteiger partial charge in [0, 0.05) is 12.0 Å². The molecule has 3 N–H and O–H groups in total. The molecular weight excluding hydrogens is 380 g/mol. The molecule has 2 aromatic rings. The van der Waals surface area contributed by atoms with E-state index in [4.69, 9.17) is 10.5 Å². The van der Waals surface area contributed by atoms with E-state index in [-0.39, 0.29) is 17.9 Å². The number of amides is 2. The molecule has 0 radical (unpaired) electrons. The zero-order valence-electron chi connectivity index (χ0n) is 15.0. The molecule has 0 spiro atoms. The van der Waals surface area contributed by atoms with E-state index in [1.807, 2.05) is 35.1 Å². The zero-order valence-corrected chi connectivity index (χ0v) is 15.8. The molecule has 2 amide bonds. The summed E-state index contributed by atoms with van der Waals surface area (Å²) in [6, 6.07) is 15.2. The molecule has 1 aliphatic carbocycles. The number of carbonyl (C=O) groups is 2. The van der Waals surface area contributed by atoms with Crippen molar-refractivity contribution in [3.63, 3.8) is 0 Å². The Morgan fingerprint density at radius 1 is 1.21 bits per heavy atom. The van der Waals surface area contributed by atoms with Crippen LogP contribution in [0.4, 0.5) is 0 Å². The number of primary amides is 1. The van der Waals surface area contributed by atoms with Crippen molar-refractivity contribution in [2.24, 2.45) is 17.1 Å². The summed E-state index contributed by atoms with van der Waals surface area (Å²) in [6.07, 6.45) is 1.57. The van der Waals surface area contributed by atoms with Crippen LogP contribution in [0.3, 0.4) is 0 Å². The van der Waals surface area contributed by atoms with Crippen LogP contribution in [0, 0.1) is 11.3 Å². The lowest BCUT2D eigenvalue weighted by Crippen LogP contribution is -2.44. The Morgan fingerprint density at radius 2 is 1.93 bits per heavy atom. The summed E-state index contributed by atoms with van der Waals surface area (Å²) in [6.45, 7) is 3.81. The predicted molar refractivity (Wildman–Crippen MR) is 102 cm³/mol. The third kappa shape index (κ3) is 3.77. The monoisotopic (exact) mass is 400 g/mol. The van der Waals surface area contributed by atoms with Crippen LogP contribution in [-0.2, 0) is 26.2 Å². The summed E-state index contributed by atoms with van der Waals surface area (Å²) < 4.78 is 32.8. The summed E-state index contributed by atoms with van der Waals surface area (Å²) in [5.41, 5.74) is 4.68. The van der Waals surface area contributed by atoms with Crippen molar-refractivity contribution in [2.75, 3.05) is 0 Å². The van der Waals surface area contributed by atoms with Crippen LogP contribution in [0.15, 0.2) is 72.1 Å². The molecule has 3 rings (SSSR count). The maximum absolute atomic E-state index is 12.6. The first kappa shape index (κ1) is 19.6. The maximum Gasteiger partial charge on any atom is 0.264 e. The number of benzene rings is 2. The van der Waals surface area contributed by atoms with Crippen molar-refractivity contribution in [2.45, 2.75) is 17.9 Å². The van der Waals surface area contributed by atoms with Gasteiger partial charge in [-0.05, 0) is 24.1 Å². The fourth-order valence-corrected chi connectivity index (χ4v) is 4.05. The molecule has 0 aliphatic heterocycles. The molecule has 0 bridgehead atoms. The summed E-state index contributed by atoms with van der Waals surface area (Å²) in [5, 5.41) is 0. The Kier molecular flexibility index (Phi) is 5.24. The fourth-order valence-electron chi connectivity index (χ4n) is 2.97. The molecule has 28 heavy (non-hydrogen) atoms. The Hall–Kier alpha value is -3.13. The highest BCUT2D eigenvalue weighted by Gasteiger charge is 2.64. The van der Waals surface area contributed by atoms with E-state index < -0.39 is 33.2 Å². The molecule has 1 saturated carbocycles. The minimum Gasteiger partial charge on any atom is -0.489 e. The highest BCUT2D eigenvalue weighted by atomic mass is 32.2. The second-order valence-electron chi connectivity index (χ2n) is 6.57. The summed E-state index contributed by atoms with van der Waals surface area (Å²) in [4.78, 5) is 24.0. The van der Waals surface area contributed by atoms with Gasteiger partial charge in [0.25, 0.3) is 10.0 Å². The van der Waals surface area contributed by atoms with Crippen LogP contribution >= 0.6 is 0 Å². The van der Waals surface area contributed by atoms with Crippen molar-refractivity contribution in [1.82, 2.24) is 4.72 Å². The van der Waals surface area contributed by atoms with Gasteiger partial charge in [-0.1, -0.05) is 42.5 Å². The molecule has 2 atom stereocenters. The number of carbonyl (C=O) groups excluding carboxylic acids is 2. The molecule has 7 nitrogen and oxygen atoms in total. The lowest BCUT2D eigenvalue weighted by Gasteiger charge is -2.14. The van der Waals surface area contributed by atoms with Gasteiger partial charge in [-0.25, -0.2) is 13.1 Å². The number of allylic oxidation sites excluding steroid dienone is 1. The van der Waals surface area contributed by atoms with Crippen LogP contribution in [0.1, 0.15) is 12.0 Å². The van der Waals surface area contributed by atoms with Crippen molar-refractivity contribution >= 4 is 21.8 Å². The largest absolute Gasteiger partial charge is 0.489 e. The standard InChI is InChI=1S/C20H20N2O5S/c1-2-15-12-20(15,18(21)23)19(24)22-28(25,26)17-10-6-9-16(11-17)27-13-14-7-4-3-5-8-14/h2-11,15H,1,12-13H2,(H2,21,23)(H,22,24)/t15-,20-/m1/s1. The highest BCUT2D eigenvalue weighted by molar-refractivity contribution is 7.90. The Labute approximate surface area is 163 Å². The molecule has 8 heteroatoms. The van der Waals surface area contributed by atoms with Crippen LogP contribution < -0.4 is 15.2 Å². The first-order valence-electron chi connectivity index (χ1n) is 8.56. The Bertz CT molecular complexity index is 1020. The highest BCUT2D eigenvalue weighted by Crippen LogP contribution is 2.53. The summed E-state index contributed by atoms with van der Waals surface area (Å²) in [7, 11) is -4.19. The van der Waals surface area contributed by atoms with E-state index in [1.54, 1.807) is 6.07 Å². The second-order valence-corrected chi connectivity index (χ2v) is 8.25. The average molecular weight is 400 g/mol. The maximum atomic E-state index is 12.6. The van der Waals surface area contributed by atoms with Crippen LogP contribution in [0.2, 0.25) is 0 Å². The van der Waals surface area contributed by atoms with Gasteiger partial charge >= 0.3 is 0 Å². The molecule has 0 saturated heterocycles. The minimum absolute atomic E-state index is 0.146. The van der Waals surface area contributed by atoms with Crippen molar-refractivity contribution in [3.05, 3.63) is 72.8 Å².